The van der Waals surface area contributed by atoms with Crippen LogP contribution in [-0.2, 0) is 4.79 Å². The quantitative estimate of drug-likeness (QED) is 0.855. The van der Waals surface area contributed by atoms with Gasteiger partial charge < -0.3 is 10.6 Å². The Hall–Kier alpha value is -1.13. The first-order chi connectivity index (χ1) is 7.75. The van der Waals surface area contributed by atoms with E-state index in [0.717, 1.165) is 25.8 Å². The summed E-state index contributed by atoms with van der Waals surface area (Å²) in [7, 11) is 0. The first-order valence-corrected chi connectivity index (χ1v) is 5.55. The molecule has 0 radical (unpaired) electrons. The minimum atomic E-state index is -0.297. The molecule has 94 valence electrons. The van der Waals surface area contributed by atoms with Gasteiger partial charge in [0.1, 0.15) is 5.82 Å². The van der Waals surface area contributed by atoms with Gasteiger partial charge in [0, 0.05) is 5.69 Å². The van der Waals surface area contributed by atoms with Gasteiger partial charge in [0.25, 0.3) is 0 Å². The zero-order valence-corrected chi connectivity index (χ0v) is 10.2. The fourth-order valence-corrected chi connectivity index (χ4v) is 1.84. The van der Waals surface area contributed by atoms with Crippen LogP contribution in [0.4, 0.5) is 10.1 Å². The van der Waals surface area contributed by atoms with E-state index >= 15 is 0 Å². The van der Waals surface area contributed by atoms with Gasteiger partial charge in [0.2, 0.25) is 5.91 Å². The average molecular weight is 259 g/mol. The first-order valence-electron chi connectivity index (χ1n) is 5.55. The molecule has 1 fully saturated rings. The summed E-state index contributed by atoms with van der Waals surface area (Å²) in [5.74, 6) is -0.333. The summed E-state index contributed by atoms with van der Waals surface area (Å²) in [6.07, 6.45) is 3.07. The Morgan fingerprint density at radius 2 is 2.00 bits per heavy atom. The molecule has 1 atom stereocenters. The van der Waals surface area contributed by atoms with E-state index in [1.807, 2.05) is 0 Å². The van der Waals surface area contributed by atoms with Gasteiger partial charge in [-0.3, -0.25) is 4.79 Å². The molecule has 2 N–H and O–H groups in total. The number of benzene rings is 1. The van der Waals surface area contributed by atoms with Crippen LogP contribution in [0.2, 0.25) is 0 Å². The van der Waals surface area contributed by atoms with Crippen LogP contribution in [0.5, 0.6) is 0 Å². The Morgan fingerprint density at radius 3 is 2.59 bits per heavy atom. The average Bonchev–Trinajstić information content (AvgIpc) is 2.33. The smallest absolute Gasteiger partial charge is 0.241 e. The second-order valence-corrected chi connectivity index (χ2v) is 4.00. The highest BCUT2D eigenvalue weighted by Crippen LogP contribution is 2.12. The van der Waals surface area contributed by atoms with E-state index in [4.69, 9.17) is 0 Å². The van der Waals surface area contributed by atoms with Crippen molar-refractivity contribution in [3.8, 4) is 0 Å². The fourth-order valence-electron chi connectivity index (χ4n) is 1.84. The summed E-state index contributed by atoms with van der Waals surface area (Å²) in [6, 6.07) is 5.69. The lowest BCUT2D eigenvalue weighted by Gasteiger charge is -2.22. The molecule has 3 nitrogen and oxygen atoms in total. The van der Waals surface area contributed by atoms with Gasteiger partial charge in [-0.05, 0) is 43.7 Å². The third kappa shape index (κ3) is 3.98. The van der Waals surface area contributed by atoms with Crippen molar-refractivity contribution in [1.82, 2.24) is 5.32 Å². The molecular weight excluding hydrogens is 243 g/mol. The molecule has 0 saturated carbocycles. The number of amides is 1. The van der Waals surface area contributed by atoms with E-state index in [1.54, 1.807) is 12.1 Å². The van der Waals surface area contributed by atoms with Gasteiger partial charge >= 0.3 is 0 Å². The molecule has 1 aliphatic rings. The van der Waals surface area contributed by atoms with Crippen LogP contribution < -0.4 is 10.6 Å². The normalized spacial score (nSPS) is 19.2. The monoisotopic (exact) mass is 258 g/mol. The SMILES string of the molecule is Cl.O=C(Nc1ccc(F)cc1)C1CCCCN1. The fraction of sp³-hybridized carbons (Fsp3) is 0.417. The number of carbonyl (C=O) groups is 1. The standard InChI is InChI=1S/C12H15FN2O.ClH/c13-9-4-6-10(7-5-9)15-12(16)11-3-1-2-8-14-11;/h4-7,11,14H,1-3,8H2,(H,15,16);1H. The number of anilines is 1. The molecule has 1 saturated heterocycles. The van der Waals surface area contributed by atoms with Crippen molar-refractivity contribution in [3.63, 3.8) is 0 Å². The minimum Gasteiger partial charge on any atom is -0.325 e. The van der Waals surface area contributed by atoms with Crippen molar-refractivity contribution in [2.75, 3.05) is 11.9 Å². The van der Waals surface area contributed by atoms with Crippen LogP contribution in [-0.4, -0.2) is 18.5 Å². The Labute approximate surface area is 106 Å². The van der Waals surface area contributed by atoms with Crippen molar-refractivity contribution in [2.45, 2.75) is 25.3 Å². The van der Waals surface area contributed by atoms with E-state index in [1.165, 1.54) is 12.1 Å². The number of halogens is 2. The van der Waals surface area contributed by atoms with Gasteiger partial charge in [-0.2, -0.15) is 0 Å². The predicted octanol–water partition coefficient (Wildman–Crippen LogP) is 2.33. The first kappa shape index (κ1) is 13.9. The Kier molecular flexibility index (Phi) is 5.38. The molecule has 0 bridgehead atoms. The molecule has 0 aliphatic carbocycles. The third-order valence-corrected chi connectivity index (χ3v) is 2.74. The molecule has 0 aromatic heterocycles. The lowest BCUT2D eigenvalue weighted by atomic mass is 10.0. The maximum Gasteiger partial charge on any atom is 0.241 e. The van der Waals surface area contributed by atoms with E-state index in [9.17, 15) is 9.18 Å². The second kappa shape index (κ2) is 6.57. The molecule has 2 rings (SSSR count). The maximum atomic E-state index is 12.7. The van der Waals surface area contributed by atoms with E-state index in [-0.39, 0.29) is 30.2 Å². The number of rotatable bonds is 2. The molecule has 0 spiro atoms. The van der Waals surface area contributed by atoms with Crippen LogP contribution in [0.1, 0.15) is 19.3 Å². The molecule has 1 heterocycles. The molecule has 17 heavy (non-hydrogen) atoms. The summed E-state index contributed by atoms with van der Waals surface area (Å²) < 4.78 is 12.7. The van der Waals surface area contributed by atoms with Crippen molar-refractivity contribution in [1.29, 1.82) is 0 Å². The lowest BCUT2D eigenvalue weighted by molar-refractivity contribution is -0.118. The summed E-state index contributed by atoms with van der Waals surface area (Å²) in [4.78, 5) is 11.8. The van der Waals surface area contributed by atoms with Crippen molar-refractivity contribution in [3.05, 3.63) is 30.1 Å². The highest BCUT2D eigenvalue weighted by atomic mass is 35.5. The largest absolute Gasteiger partial charge is 0.325 e. The van der Waals surface area contributed by atoms with Crippen molar-refractivity contribution < 1.29 is 9.18 Å². The topological polar surface area (TPSA) is 41.1 Å². The summed E-state index contributed by atoms with van der Waals surface area (Å²) in [6.45, 7) is 0.890. The lowest BCUT2D eigenvalue weighted by Crippen LogP contribution is -2.43. The molecular formula is C12H16ClFN2O. The van der Waals surface area contributed by atoms with E-state index in [2.05, 4.69) is 10.6 Å². The van der Waals surface area contributed by atoms with Crippen molar-refractivity contribution >= 4 is 24.0 Å². The van der Waals surface area contributed by atoms with Crippen LogP contribution in [0.25, 0.3) is 0 Å². The molecule has 1 unspecified atom stereocenters. The van der Waals surface area contributed by atoms with Gasteiger partial charge in [-0.1, -0.05) is 6.42 Å². The van der Waals surface area contributed by atoms with Crippen LogP contribution in [0.15, 0.2) is 24.3 Å². The number of piperidine rings is 1. The number of hydrogen-bond donors (Lipinski definition) is 2. The van der Waals surface area contributed by atoms with Crippen molar-refractivity contribution in [2.24, 2.45) is 0 Å². The van der Waals surface area contributed by atoms with Crippen LogP contribution in [0.3, 0.4) is 0 Å². The molecule has 1 aliphatic heterocycles. The Balaban J connectivity index is 0.00000144. The molecule has 1 aromatic rings. The molecule has 1 aromatic carbocycles. The number of carbonyl (C=O) groups excluding carboxylic acids is 1. The predicted molar refractivity (Wildman–Crippen MR) is 67.9 cm³/mol. The Bertz CT molecular complexity index is 363. The number of hydrogen-bond acceptors (Lipinski definition) is 2. The summed E-state index contributed by atoms with van der Waals surface area (Å²) >= 11 is 0. The second-order valence-electron chi connectivity index (χ2n) is 4.00. The third-order valence-electron chi connectivity index (χ3n) is 2.74. The van der Waals surface area contributed by atoms with Crippen LogP contribution >= 0.6 is 12.4 Å². The van der Waals surface area contributed by atoms with Gasteiger partial charge in [-0.15, -0.1) is 12.4 Å². The number of nitrogens with one attached hydrogen (secondary N) is 2. The zero-order valence-electron chi connectivity index (χ0n) is 9.41. The Morgan fingerprint density at radius 1 is 1.29 bits per heavy atom. The highest BCUT2D eigenvalue weighted by Gasteiger charge is 2.20. The van der Waals surface area contributed by atoms with E-state index < -0.39 is 0 Å². The summed E-state index contributed by atoms with van der Waals surface area (Å²) in [5, 5.41) is 5.94. The van der Waals surface area contributed by atoms with Gasteiger partial charge in [0.05, 0.1) is 6.04 Å². The summed E-state index contributed by atoms with van der Waals surface area (Å²) in [5.41, 5.74) is 0.638. The molecule has 5 heteroatoms. The van der Waals surface area contributed by atoms with Gasteiger partial charge in [-0.25, -0.2) is 4.39 Å². The minimum absolute atomic E-state index is 0. The van der Waals surface area contributed by atoms with Crippen LogP contribution in [0, 0.1) is 5.82 Å². The maximum absolute atomic E-state index is 12.7. The van der Waals surface area contributed by atoms with Gasteiger partial charge in [0.15, 0.2) is 0 Å². The zero-order chi connectivity index (χ0) is 11.4. The molecule has 1 amide bonds. The van der Waals surface area contributed by atoms with E-state index in [0.29, 0.717) is 5.69 Å². The highest BCUT2D eigenvalue weighted by molar-refractivity contribution is 5.94.